The van der Waals surface area contributed by atoms with E-state index in [-0.39, 0.29) is 18.7 Å². The number of carboxylic acids is 1. The SMILES string of the molecule is O=C(O)CCC(=O)NCCC[Si](O[Si])(O[Si])O[Si]. The molecule has 1 amide bonds. The molecule has 97 valence electrons. The maximum Gasteiger partial charge on any atom is 0.468 e. The predicted molar refractivity (Wildman–Crippen MR) is 65.6 cm³/mol. The van der Waals surface area contributed by atoms with E-state index >= 15 is 0 Å². The second-order valence-corrected chi connectivity index (χ2v) is 7.65. The van der Waals surface area contributed by atoms with Crippen LogP contribution in [0.3, 0.4) is 0 Å². The molecule has 2 N–H and O–H groups in total. The van der Waals surface area contributed by atoms with Gasteiger partial charge in [-0.15, -0.1) is 0 Å². The number of hydrogen-bond acceptors (Lipinski definition) is 5. The molecule has 0 aliphatic rings. The fourth-order valence-electron chi connectivity index (χ4n) is 1.06. The molecule has 0 atom stereocenters. The topological polar surface area (TPSA) is 94.1 Å². The van der Waals surface area contributed by atoms with Crippen molar-refractivity contribution >= 4 is 52.1 Å². The lowest BCUT2D eigenvalue weighted by molar-refractivity contribution is -0.138. The summed E-state index contributed by atoms with van der Waals surface area (Å²) >= 11 is 0. The van der Waals surface area contributed by atoms with Crippen molar-refractivity contribution in [3.8, 4) is 0 Å². The van der Waals surface area contributed by atoms with Gasteiger partial charge in [0.1, 0.15) is 0 Å². The van der Waals surface area contributed by atoms with Crippen LogP contribution in [0.4, 0.5) is 0 Å². The van der Waals surface area contributed by atoms with E-state index in [9.17, 15) is 9.59 Å². The van der Waals surface area contributed by atoms with E-state index in [1.54, 1.807) is 0 Å². The quantitative estimate of drug-likeness (QED) is 0.380. The zero-order valence-electron chi connectivity index (χ0n) is 9.52. The zero-order chi connectivity index (χ0) is 14.0. The standard InChI is InChI=1S/C7H12NO6Si4/c9-6(2-3-7(10)11)8-4-1-5-18(12-15,13-16)14-17/h1-5H2,(H,8,9)(H,10,11). The van der Waals surface area contributed by atoms with Crippen LogP contribution in [0.2, 0.25) is 6.04 Å². The van der Waals surface area contributed by atoms with Gasteiger partial charge in [-0.05, 0) is 6.42 Å². The van der Waals surface area contributed by atoms with E-state index in [2.05, 4.69) is 36.8 Å². The lowest BCUT2D eigenvalue weighted by atomic mass is 10.3. The summed E-state index contributed by atoms with van der Waals surface area (Å²) in [6, 6.07) is 0.447. The summed E-state index contributed by atoms with van der Waals surface area (Å²) in [6.07, 6.45) is 0.351. The van der Waals surface area contributed by atoms with Crippen LogP contribution in [0.15, 0.2) is 0 Å². The zero-order valence-corrected chi connectivity index (χ0v) is 13.5. The van der Waals surface area contributed by atoms with Gasteiger partial charge in [0.25, 0.3) is 0 Å². The molecule has 0 heterocycles. The molecule has 18 heavy (non-hydrogen) atoms. The fraction of sp³-hybridized carbons (Fsp3) is 0.714. The molecule has 0 aromatic heterocycles. The molecule has 0 saturated carbocycles. The summed E-state index contributed by atoms with van der Waals surface area (Å²) in [4.78, 5) is 21.4. The Morgan fingerprint density at radius 2 is 1.67 bits per heavy atom. The highest BCUT2D eigenvalue weighted by Gasteiger charge is 2.35. The minimum absolute atomic E-state index is 0.0320. The summed E-state index contributed by atoms with van der Waals surface area (Å²) in [6.45, 7) is 0.383. The summed E-state index contributed by atoms with van der Waals surface area (Å²) in [7, 11) is 5.76. The molecule has 0 aliphatic carbocycles. The van der Waals surface area contributed by atoms with E-state index in [0.29, 0.717) is 19.0 Å². The van der Waals surface area contributed by atoms with Crippen molar-refractivity contribution in [2.45, 2.75) is 25.3 Å². The Bertz CT molecular complexity index is 266. The number of carbonyl (C=O) groups excluding carboxylic acids is 1. The number of carbonyl (C=O) groups is 2. The van der Waals surface area contributed by atoms with Crippen molar-refractivity contribution in [1.29, 1.82) is 0 Å². The van der Waals surface area contributed by atoms with E-state index < -0.39 is 14.8 Å². The molecule has 0 unspecified atom stereocenters. The number of amides is 1. The van der Waals surface area contributed by atoms with Gasteiger partial charge in [-0.25, -0.2) is 0 Å². The van der Waals surface area contributed by atoms with Gasteiger partial charge < -0.3 is 22.8 Å². The molecule has 0 bridgehead atoms. The Balaban J connectivity index is 3.78. The highest BCUT2D eigenvalue weighted by Crippen LogP contribution is 2.13. The summed E-state index contributed by atoms with van der Waals surface area (Å²) < 4.78 is 14.8. The number of aliphatic carboxylic acids is 1. The number of rotatable bonds is 10. The first kappa shape index (κ1) is 17.7. The molecule has 9 radical (unpaired) electrons. The first-order chi connectivity index (χ1) is 8.49. The summed E-state index contributed by atoms with van der Waals surface area (Å²) in [5.74, 6) is -1.30. The van der Waals surface area contributed by atoms with Gasteiger partial charge in [0, 0.05) is 19.0 Å². The lowest BCUT2D eigenvalue weighted by Gasteiger charge is -2.25. The molecule has 0 aliphatic heterocycles. The second kappa shape index (κ2) is 9.60. The monoisotopic (exact) mass is 318 g/mol. The van der Waals surface area contributed by atoms with Gasteiger partial charge in [-0.1, -0.05) is 0 Å². The Kier molecular flexibility index (Phi) is 9.43. The normalized spacial score (nSPS) is 11.3. The van der Waals surface area contributed by atoms with Gasteiger partial charge in [0.2, 0.25) is 37.4 Å². The Labute approximate surface area is 117 Å². The first-order valence-corrected chi connectivity index (χ1v) is 8.18. The number of nitrogens with one attached hydrogen (secondary N) is 1. The Hall–Kier alpha value is -0.312. The molecule has 0 aromatic rings. The van der Waals surface area contributed by atoms with Gasteiger partial charge in [0.15, 0.2) is 0 Å². The number of carboxylic acid groups (broad SMARTS) is 1. The molecule has 11 heteroatoms. The highest BCUT2D eigenvalue weighted by atomic mass is 28.5. The van der Waals surface area contributed by atoms with Crippen LogP contribution in [-0.4, -0.2) is 63.8 Å². The Morgan fingerprint density at radius 1 is 1.11 bits per heavy atom. The van der Waals surface area contributed by atoms with Gasteiger partial charge in [-0.3, -0.25) is 9.59 Å². The third-order valence-electron chi connectivity index (χ3n) is 2.01. The van der Waals surface area contributed by atoms with Crippen LogP contribution in [0, 0.1) is 0 Å². The van der Waals surface area contributed by atoms with Gasteiger partial charge in [-0.2, -0.15) is 0 Å². The van der Waals surface area contributed by atoms with Crippen molar-refractivity contribution in [2.24, 2.45) is 0 Å². The van der Waals surface area contributed by atoms with Crippen LogP contribution >= 0.6 is 0 Å². The van der Waals surface area contributed by atoms with Crippen LogP contribution in [0.1, 0.15) is 19.3 Å². The largest absolute Gasteiger partial charge is 0.481 e. The third-order valence-corrected chi connectivity index (χ3v) is 6.71. The van der Waals surface area contributed by atoms with Crippen LogP contribution < -0.4 is 5.32 Å². The van der Waals surface area contributed by atoms with Crippen molar-refractivity contribution in [1.82, 2.24) is 5.32 Å². The second-order valence-electron chi connectivity index (χ2n) is 3.34. The third kappa shape index (κ3) is 7.20. The first-order valence-electron chi connectivity index (χ1n) is 5.02. The van der Waals surface area contributed by atoms with Crippen molar-refractivity contribution in [3.05, 3.63) is 0 Å². The molecule has 7 nitrogen and oxygen atoms in total. The van der Waals surface area contributed by atoms with Gasteiger partial charge in [0.05, 0.1) is 6.42 Å². The summed E-state index contributed by atoms with van der Waals surface area (Å²) in [5.41, 5.74) is 0. The summed E-state index contributed by atoms with van der Waals surface area (Å²) in [5, 5.41) is 11.0. The van der Waals surface area contributed by atoms with Crippen molar-refractivity contribution < 1.29 is 27.0 Å². The van der Waals surface area contributed by atoms with E-state index in [0.717, 1.165) is 0 Å². The predicted octanol–water partition coefficient (Wildman–Crippen LogP) is -1.40. The lowest BCUT2D eigenvalue weighted by Crippen LogP contribution is -2.44. The molecule has 0 spiro atoms. The molecular weight excluding hydrogens is 306 g/mol. The van der Waals surface area contributed by atoms with Crippen molar-refractivity contribution in [2.75, 3.05) is 6.54 Å². The molecular formula is C7H12NO6Si4. The molecule has 0 fully saturated rings. The molecule has 0 saturated heterocycles. The molecule has 0 aromatic carbocycles. The van der Waals surface area contributed by atoms with Crippen LogP contribution in [-0.2, 0) is 21.9 Å². The van der Waals surface area contributed by atoms with E-state index in [4.69, 9.17) is 17.5 Å². The number of hydrogen-bond donors (Lipinski definition) is 2. The smallest absolute Gasteiger partial charge is 0.468 e. The van der Waals surface area contributed by atoms with E-state index in [1.165, 1.54) is 0 Å². The van der Waals surface area contributed by atoms with E-state index in [1.807, 2.05) is 0 Å². The average molecular weight is 319 g/mol. The Morgan fingerprint density at radius 3 is 2.11 bits per heavy atom. The van der Waals surface area contributed by atoms with Crippen LogP contribution in [0.25, 0.3) is 0 Å². The van der Waals surface area contributed by atoms with Gasteiger partial charge >= 0.3 is 14.8 Å². The minimum atomic E-state index is -2.83. The maximum absolute atomic E-state index is 11.2. The highest BCUT2D eigenvalue weighted by molar-refractivity contribution is 6.69. The molecule has 0 rings (SSSR count). The minimum Gasteiger partial charge on any atom is -0.481 e. The maximum atomic E-state index is 11.2. The average Bonchev–Trinajstić information content (AvgIpc) is 2.37. The van der Waals surface area contributed by atoms with Crippen LogP contribution in [0.5, 0.6) is 0 Å². The fourth-order valence-corrected chi connectivity index (χ4v) is 4.52. The van der Waals surface area contributed by atoms with Crippen molar-refractivity contribution in [3.63, 3.8) is 0 Å².